The van der Waals surface area contributed by atoms with Gasteiger partial charge in [0, 0.05) is 0 Å². The number of allylic oxidation sites excluding steroid dienone is 2. The molecular formula is C26H30O4S. The highest BCUT2D eigenvalue weighted by atomic mass is 32.2. The number of benzene rings is 1. The normalized spacial score (nSPS) is 45.2. The highest BCUT2D eigenvalue weighted by Crippen LogP contribution is 2.73. The summed E-state index contributed by atoms with van der Waals surface area (Å²) in [6.45, 7) is 5.27. The molecule has 0 N–H and O–H groups in total. The highest BCUT2D eigenvalue weighted by molar-refractivity contribution is 7.92. The van der Waals surface area contributed by atoms with Crippen molar-refractivity contribution in [1.29, 1.82) is 0 Å². The van der Waals surface area contributed by atoms with Gasteiger partial charge in [-0.1, -0.05) is 29.3 Å². The summed E-state index contributed by atoms with van der Waals surface area (Å²) in [6.07, 6.45) is 5.63. The molecule has 0 radical (unpaired) electrons. The number of hydrogen-bond donors (Lipinski definition) is 0. The van der Waals surface area contributed by atoms with Crippen LogP contribution in [0.4, 0.5) is 0 Å². The Morgan fingerprint density at radius 1 is 0.871 bits per heavy atom. The second-order valence-corrected chi connectivity index (χ2v) is 13.3. The Bertz CT molecular complexity index is 1140. The van der Waals surface area contributed by atoms with Gasteiger partial charge in [-0.05, 0) is 88.7 Å². The van der Waals surface area contributed by atoms with Crippen LogP contribution in [0.25, 0.3) is 0 Å². The predicted octanol–water partition coefficient (Wildman–Crippen LogP) is 4.40. The molecule has 5 heteroatoms. The van der Waals surface area contributed by atoms with Crippen LogP contribution in [0.15, 0.2) is 46.4 Å². The maximum Gasteiger partial charge on any atom is 0.183 e. The van der Waals surface area contributed by atoms with E-state index in [1.165, 1.54) is 18.9 Å². The van der Waals surface area contributed by atoms with Gasteiger partial charge in [0.2, 0.25) is 0 Å². The summed E-state index contributed by atoms with van der Waals surface area (Å²) in [5.74, 6) is 1.00. The molecule has 31 heavy (non-hydrogen) atoms. The molecule has 6 aliphatic rings. The number of fused-ring (bicyclic) bond motifs is 2. The van der Waals surface area contributed by atoms with E-state index in [9.17, 15) is 18.0 Å². The van der Waals surface area contributed by atoms with E-state index in [0.29, 0.717) is 23.7 Å². The number of ketones is 2. The van der Waals surface area contributed by atoms with Crippen LogP contribution in [0.3, 0.4) is 0 Å². The Kier molecular flexibility index (Phi) is 3.84. The SMILES string of the molecule is CC(=O)C1C(S(=O)(=O)c2ccccc2)C2(C)C(=O)C1(C)C1=C2C2CC3CC(CC1C3)C2. The topological polar surface area (TPSA) is 68.3 Å². The average Bonchev–Trinajstić information content (AvgIpc) is 2.89. The zero-order chi connectivity index (χ0) is 21.9. The predicted molar refractivity (Wildman–Crippen MR) is 117 cm³/mol. The Labute approximate surface area is 184 Å². The molecule has 0 heterocycles. The summed E-state index contributed by atoms with van der Waals surface area (Å²) in [7, 11) is -3.86. The Hall–Kier alpha value is -1.75. The molecule has 0 amide bonds. The molecule has 0 aliphatic heterocycles. The van der Waals surface area contributed by atoms with Crippen molar-refractivity contribution in [3.05, 3.63) is 41.5 Å². The molecule has 4 nitrogen and oxygen atoms in total. The highest BCUT2D eigenvalue weighted by Gasteiger charge is 2.77. The number of Topliss-reactive ketones (excluding diaryl/α,β-unsaturated/α-hetero) is 2. The van der Waals surface area contributed by atoms with Crippen LogP contribution < -0.4 is 0 Å². The first-order chi connectivity index (χ1) is 14.6. The molecule has 1 aromatic carbocycles. The van der Waals surface area contributed by atoms with Gasteiger partial charge < -0.3 is 0 Å². The Morgan fingerprint density at radius 2 is 1.39 bits per heavy atom. The third-order valence-corrected chi connectivity index (χ3v) is 12.0. The molecule has 1 aromatic rings. The fourth-order valence-corrected chi connectivity index (χ4v) is 11.6. The lowest BCUT2D eigenvalue weighted by atomic mass is 9.62. The molecule has 7 rings (SSSR count). The van der Waals surface area contributed by atoms with E-state index in [1.54, 1.807) is 30.3 Å². The summed E-state index contributed by atoms with van der Waals surface area (Å²) in [5.41, 5.74) is 0.247. The Morgan fingerprint density at radius 3 is 1.90 bits per heavy atom. The smallest absolute Gasteiger partial charge is 0.183 e. The van der Waals surface area contributed by atoms with Crippen LogP contribution in [0.2, 0.25) is 0 Å². The van der Waals surface area contributed by atoms with Crippen molar-refractivity contribution >= 4 is 21.4 Å². The molecule has 0 aromatic heterocycles. The van der Waals surface area contributed by atoms with Gasteiger partial charge in [0.1, 0.15) is 5.78 Å². The number of carbonyl (C=O) groups is 2. The van der Waals surface area contributed by atoms with E-state index in [0.717, 1.165) is 31.3 Å². The molecule has 6 bridgehead atoms. The summed E-state index contributed by atoms with van der Waals surface area (Å²) in [6, 6.07) is 8.42. The van der Waals surface area contributed by atoms with Gasteiger partial charge in [0.05, 0.1) is 26.9 Å². The molecule has 3 fully saturated rings. The van der Waals surface area contributed by atoms with Crippen molar-refractivity contribution < 1.29 is 18.0 Å². The van der Waals surface area contributed by atoms with E-state index in [-0.39, 0.29) is 16.5 Å². The van der Waals surface area contributed by atoms with E-state index in [4.69, 9.17) is 0 Å². The maximum absolute atomic E-state index is 14.2. The third kappa shape index (κ3) is 2.19. The van der Waals surface area contributed by atoms with Gasteiger partial charge in [-0.15, -0.1) is 0 Å². The first kappa shape index (κ1) is 19.9. The molecule has 6 aliphatic carbocycles. The zero-order valence-corrected chi connectivity index (χ0v) is 19.2. The van der Waals surface area contributed by atoms with Crippen LogP contribution in [0, 0.1) is 40.4 Å². The lowest BCUT2D eigenvalue weighted by Crippen LogP contribution is -2.48. The molecule has 6 atom stereocenters. The average molecular weight is 439 g/mol. The van der Waals surface area contributed by atoms with E-state index in [2.05, 4.69) is 0 Å². The monoisotopic (exact) mass is 438 g/mol. The molecule has 3 saturated carbocycles. The summed E-state index contributed by atoms with van der Waals surface area (Å²) in [4.78, 5) is 27.5. The van der Waals surface area contributed by atoms with Crippen molar-refractivity contribution in [3.8, 4) is 0 Å². The maximum atomic E-state index is 14.2. The molecule has 0 saturated heterocycles. The van der Waals surface area contributed by atoms with Gasteiger partial charge in [0.15, 0.2) is 15.6 Å². The molecule has 164 valence electrons. The van der Waals surface area contributed by atoms with Gasteiger partial charge in [-0.2, -0.15) is 0 Å². The molecular weight excluding hydrogens is 408 g/mol. The minimum atomic E-state index is -3.86. The lowest BCUT2D eigenvalue weighted by Gasteiger charge is -2.42. The van der Waals surface area contributed by atoms with Crippen LogP contribution in [-0.4, -0.2) is 25.2 Å². The summed E-state index contributed by atoms with van der Waals surface area (Å²) < 4.78 is 28.1. The standard InChI is InChI=1S/C26H30O4S/c1-14(27)20-23(31(29,30)19-7-5-4-6-8-19)26(3)22-18-12-15-9-16(13-18)11-17(10-15)21(22)25(20,2)24(26)28/h4-8,15-18,20,23H,9-13H2,1-3H3. The number of rotatable bonds is 3. The van der Waals surface area contributed by atoms with Crippen molar-refractivity contribution in [2.45, 2.75) is 63.0 Å². The van der Waals surface area contributed by atoms with Gasteiger partial charge >= 0.3 is 0 Å². The Balaban J connectivity index is 1.63. The number of sulfone groups is 1. The van der Waals surface area contributed by atoms with Crippen LogP contribution in [0.5, 0.6) is 0 Å². The van der Waals surface area contributed by atoms with Crippen LogP contribution in [0.1, 0.15) is 52.9 Å². The first-order valence-electron chi connectivity index (χ1n) is 11.7. The largest absolute Gasteiger partial charge is 0.300 e. The van der Waals surface area contributed by atoms with Crippen molar-refractivity contribution in [1.82, 2.24) is 0 Å². The minimum absolute atomic E-state index is 0.0119. The summed E-state index contributed by atoms with van der Waals surface area (Å²) >= 11 is 0. The van der Waals surface area contributed by atoms with Crippen LogP contribution >= 0.6 is 0 Å². The fourth-order valence-electron chi connectivity index (χ4n) is 9.05. The minimum Gasteiger partial charge on any atom is -0.300 e. The fraction of sp³-hybridized carbons (Fsp3) is 0.615. The number of carbonyl (C=O) groups excluding carboxylic acids is 2. The quantitative estimate of drug-likeness (QED) is 0.656. The zero-order valence-electron chi connectivity index (χ0n) is 18.4. The van der Waals surface area contributed by atoms with Crippen molar-refractivity contribution in [2.24, 2.45) is 40.4 Å². The van der Waals surface area contributed by atoms with Crippen molar-refractivity contribution in [2.75, 3.05) is 0 Å². The second kappa shape index (κ2) is 5.98. The van der Waals surface area contributed by atoms with Crippen molar-refractivity contribution in [3.63, 3.8) is 0 Å². The van der Waals surface area contributed by atoms with E-state index < -0.39 is 31.8 Å². The summed E-state index contributed by atoms with van der Waals surface area (Å²) in [5, 5.41) is -1.01. The van der Waals surface area contributed by atoms with Gasteiger partial charge in [-0.25, -0.2) is 8.42 Å². The van der Waals surface area contributed by atoms with Gasteiger partial charge in [0.25, 0.3) is 0 Å². The van der Waals surface area contributed by atoms with E-state index in [1.807, 2.05) is 13.8 Å². The number of hydrogen-bond acceptors (Lipinski definition) is 4. The van der Waals surface area contributed by atoms with Crippen LogP contribution in [-0.2, 0) is 19.4 Å². The lowest BCUT2D eigenvalue weighted by molar-refractivity contribution is -0.132. The molecule has 6 unspecified atom stereocenters. The second-order valence-electron chi connectivity index (χ2n) is 11.2. The third-order valence-electron chi connectivity index (χ3n) is 9.64. The molecule has 0 spiro atoms. The van der Waals surface area contributed by atoms with Gasteiger partial charge in [-0.3, -0.25) is 9.59 Å². The first-order valence-corrected chi connectivity index (χ1v) is 13.2. The van der Waals surface area contributed by atoms with E-state index >= 15 is 0 Å².